The van der Waals surface area contributed by atoms with E-state index < -0.39 is 71.2 Å². The van der Waals surface area contributed by atoms with Crippen LogP contribution in [0.5, 0.6) is 0 Å². The molecule has 340 valence electrons. The first-order valence-corrected chi connectivity index (χ1v) is 24.5. The molecule has 0 amide bonds. The summed E-state index contributed by atoms with van der Waals surface area (Å²) in [5, 5.41) is 30.9. The SMILES string of the molecule is C=CCCCCCCCCCCCCCCCC(=O)OC[C@H](CO[C@H]1O[C@H](CS(=O)(=O)O)[C@@H](O)C(O)C1O)OC(=O)CCCC/C=C/CCCCCCCCCCC. The smallest absolute Gasteiger partial charge is 0.306 e. The second-order valence-corrected chi connectivity index (χ2v) is 17.6. The van der Waals surface area contributed by atoms with Crippen molar-refractivity contribution in [3.05, 3.63) is 24.8 Å². The van der Waals surface area contributed by atoms with E-state index in [1.165, 1.54) is 116 Å². The van der Waals surface area contributed by atoms with Crippen LogP contribution in [0, 0.1) is 0 Å². The fraction of sp³-hybridized carbons (Fsp3) is 0.867. The summed E-state index contributed by atoms with van der Waals surface area (Å²) >= 11 is 0. The van der Waals surface area contributed by atoms with Gasteiger partial charge in [-0.05, 0) is 51.4 Å². The van der Waals surface area contributed by atoms with Crippen molar-refractivity contribution < 1.29 is 56.8 Å². The van der Waals surface area contributed by atoms with Gasteiger partial charge in [0.15, 0.2) is 12.4 Å². The third-order valence-corrected chi connectivity index (χ3v) is 11.4. The maximum Gasteiger partial charge on any atom is 0.306 e. The zero-order valence-corrected chi connectivity index (χ0v) is 36.8. The van der Waals surface area contributed by atoms with Crippen molar-refractivity contribution in [1.82, 2.24) is 0 Å². The largest absolute Gasteiger partial charge is 0.462 e. The molecule has 1 fully saturated rings. The van der Waals surface area contributed by atoms with Gasteiger partial charge in [0.05, 0.1) is 6.61 Å². The highest BCUT2D eigenvalue weighted by molar-refractivity contribution is 7.85. The van der Waals surface area contributed by atoms with E-state index in [0.717, 1.165) is 44.9 Å². The van der Waals surface area contributed by atoms with E-state index in [-0.39, 0.29) is 19.4 Å². The summed E-state index contributed by atoms with van der Waals surface area (Å²) in [6.07, 6.45) is 28.3. The molecule has 0 aromatic rings. The lowest BCUT2D eigenvalue weighted by Crippen LogP contribution is -2.60. The topological polar surface area (TPSA) is 186 Å². The van der Waals surface area contributed by atoms with Crippen LogP contribution in [0.15, 0.2) is 24.8 Å². The molecule has 13 heteroatoms. The van der Waals surface area contributed by atoms with Gasteiger partial charge in [-0.15, -0.1) is 6.58 Å². The predicted octanol–water partition coefficient (Wildman–Crippen LogP) is 9.23. The van der Waals surface area contributed by atoms with Crippen LogP contribution < -0.4 is 0 Å². The maximum absolute atomic E-state index is 12.8. The Bertz CT molecular complexity index is 1160. The molecule has 0 saturated carbocycles. The van der Waals surface area contributed by atoms with Crippen LogP contribution in [0.1, 0.15) is 193 Å². The summed E-state index contributed by atoms with van der Waals surface area (Å²) in [5.74, 6) is -2.01. The summed E-state index contributed by atoms with van der Waals surface area (Å²) in [6, 6.07) is 0. The Morgan fingerprint density at radius 2 is 1.07 bits per heavy atom. The number of carbonyl (C=O) groups excluding carboxylic acids is 2. The molecule has 6 atom stereocenters. The second kappa shape index (κ2) is 35.8. The average Bonchev–Trinajstić information content (AvgIpc) is 3.18. The minimum Gasteiger partial charge on any atom is -0.462 e. The molecule has 1 aliphatic heterocycles. The number of aliphatic hydroxyl groups is 3. The molecule has 1 heterocycles. The lowest BCUT2D eigenvalue weighted by molar-refractivity contribution is -0.297. The van der Waals surface area contributed by atoms with E-state index in [0.29, 0.717) is 12.8 Å². The van der Waals surface area contributed by atoms with Crippen molar-refractivity contribution in [3.8, 4) is 0 Å². The van der Waals surface area contributed by atoms with Crippen LogP contribution in [0.3, 0.4) is 0 Å². The van der Waals surface area contributed by atoms with Gasteiger partial charge in [-0.25, -0.2) is 0 Å². The number of carbonyl (C=O) groups is 2. The zero-order chi connectivity index (χ0) is 42.7. The van der Waals surface area contributed by atoms with Crippen LogP contribution >= 0.6 is 0 Å². The minimum atomic E-state index is -4.60. The van der Waals surface area contributed by atoms with Gasteiger partial charge in [-0.3, -0.25) is 14.1 Å². The predicted molar refractivity (Wildman–Crippen MR) is 229 cm³/mol. The molecular formula is C45H82O12S. The highest BCUT2D eigenvalue weighted by Gasteiger charge is 2.46. The quantitative estimate of drug-likeness (QED) is 0.0199. The van der Waals surface area contributed by atoms with Gasteiger partial charge in [-0.1, -0.05) is 147 Å². The van der Waals surface area contributed by atoms with E-state index in [2.05, 4.69) is 25.7 Å². The summed E-state index contributed by atoms with van der Waals surface area (Å²) in [5.41, 5.74) is 0. The lowest BCUT2D eigenvalue weighted by Gasteiger charge is -2.40. The molecule has 4 N–H and O–H groups in total. The average molecular weight is 847 g/mol. The number of unbranched alkanes of at least 4 members (excludes halogenated alkanes) is 24. The number of aliphatic hydroxyl groups excluding tert-OH is 3. The minimum absolute atomic E-state index is 0.136. The van der Waals surface area contributed by atoms with Crippen molar-refractivity contribution in [3.63, 3.8) is 0 Å². The molecule has 0 aromatic heterocycles. The van der Waals surface area contributed by atoms with Crippen LogP contribution in [0.2, 0.25) is 0 Å². The maximum atomic E-state index is 12.8. The lowest BCUT2D eigenvalue weighted by atomic mass is 10.00. The zero-order valence-electron chi connectivity index (χ0n) is 36.0. The van der Waals surface area contributed by atoms with Gasteiger partial charge < -0.3 is 34.3 Å². The van der Waals surface area contributed by atoms with Crippen molar-refractivity contribution in [2.24, 2.45) is 0 Å². The molecule has 58 heavy (non-hydrogen) atoms. The molecule has 0 spiro atoms. The highest BCUT2D eigenvalue weighted by Crippen LogP contribution is 2.24. The Morgan fingerprint density at radius 3 is 1.59 bits per heavy atom. The fourth-order valence-corrected chi connectivity index (χ4v) is 7.75. The fourth-order valence-electron chi connectivity index (χ4n) is 7.06. The molecule has 1 saturated heterocycles. The summed E-state index contributed by atoms with van der Waals surface area (Å²) in [4.78, 5) is 25.4. The van der Waals surface area contributed by atoms with E-state index in [1.807, 2.05) is 6.08 Å². The number of esters is 2. The monoisotopic (exact) mass is 847 g/mol. The number of ether oxygens (including phenoxy) is 4. The van der Waals surface area contributed by atoms with Gasteiger partial charge in [0.25, 0.3) is 10.1 Å². The molecule has 1 rings (SSSR count). The van der Waals surface area contributed by atoms with Crippen LogP contribution in [-0.2, 0) is 38.7 Å². The first-order chi connectivity index (χ1) is 28.0. The first-order valence-electron chi connectivity index (χ1n) is 22.9. The molecule has 12 nitrogen and oxygen atoms in total. The van der Waals surface area contributed by atoms with Gasteiger partial charge >= 0.3 is 11.9 Å². The molecule has 0 bridgehead atoms. The highest BCUT2D eigenvalue weighted by atomic mass is 32.2. The van der Waals surface area contributed by atoms with E-state index in [9.17, 15) is 37.9 Å². The summed E-state index contributed by atoms with van der Waals surface area (Å²) < 4.78 is 54.0. The van der Waals surface area contributed by atoms with Crippen LogP contribution in [-0.4, -0.2) is 96.0 Å². The van der Waals surface area contributed by atoms with E-state index in [1.54, 1.807) is 0 Å². The number of hydrogen-bond acceptors (Lipinski definition) is 11. The van der Waals surface area contributed by atoms with Crippen molar-refractivity contribution in [1.29, 1.82) is 0 Å². The Labute approximate surface area is 351 Å². The molecule has 2 unspecified atom stereocenters. The summed E-state index contributed by atoms with van der Waals surface area (Å²) in [6.45, 7) is 5.27. The molecule has 0 aliphatic carbocycles. The molecule has 1 aliphatic rings. The number of hydrogen-bond donors (Lipinski definition) is 4. The second-order valence-electron chi connectivity index (χ2n) is 16.1. The van der Waals surface area contributed by atoms with Crippen molar-refractivity contribution in [2.75, 3.05) is 19.0 Å². The van der Waals surface area contributed by atoms with Crippen LogP contribution in [0.4, 0.5) is 0 Å². The number of allylic oxidation sites excluding steroid dienone is 3. The van der Waals surface area contributed by atoms with E-state index in [4.69, 9.17) is 18.9 Å². The Morgan fingerprint density at radius 1 is 0.621 bits per heavy atom. The molecular weight excluding hydrogens is 765 g/mol. The van der Waals surface area contributed by atoms with Gasteiger partial charge in [-0.2, -0.15) is 8.42 Å². The Balaban J connectivity index is 2.44. The normalized spacial score (nSPS) is 20.3. The van der Waals surface area contributed by atoms with Gasteiger partial charge in [0.1, 0.15) is 36.8 Å². The van der Waals surface area contributed by atoms with Crippen LogP contribution in [0.25, 0.3) is 0 Å². The third kappa shape index (κ3) is 30.2. The Hall–Kier alpha value is -1.87. The van der Waals surface area contributed by atoms with Crippen molar-refractivity contribution in [2.45, 2.75) is 230 Å². The van der Waals surface area contributed by atoms with E-state index >= 15 is 0 Å². The summed E-state index contributed by atoms with van der Waals surface area (Å²) in [7, 11) is -4.60. The molecule has 0 radical (unpaired) electrons. The molecule has 0 aromatic carbocycles. The third-order valence-electron chi connectivity index (χ3n) is 10.6. The van der Waals surface area contributed by atoms with Gasteiger partial charge in [0.2, 0.25) is 0 Å². The van der Waals surface area contributed by atoms with Gasteiger partial charge in [0, 0.05) is 12.8 Å². The Kier molecular flexibility index (Phi) is 33.5. The standard InChI is InChI=1S/C45H82O12S/c1-3-5-7-9-11-13-15-17-19-21-23-25-27-29-31-33-40(46)54-35-38(36-55-45-44(50)43(49)42(48)39(57-45)37-58(51,52)53)56-41(47)34-32-30-28-26-24-22-20-18-16-14-12-10-8-6-4-2/h3,24,26,38-39,42-45,48-50H,1,4-23,25,27-37H2,2H3,(H,51,52,53)/b26-24+/t38-,39-,42-,43?,44?,45+/m1/s1. The van der Waals surface area contributed by atoms with Crippen molar-refractivity contribution >= 4 is 22.1 Å². The first kappa shape index (κ1) is 54.1. The number of rotatable bonds is 39.